The van der Waals surface area contributed by atoms with Crippen LogP contribution in [-0.4, -0.2) is 14.8 Å². The molecule has 0 atom stereocenters. The molecule has 0 bridgehead atoms. The zero-order valence-electron chi connectivity index (χ0n) is 8.35. The number of hydrogen-bond donors (Lipinski definition) is 0. The molecule has 0 N–H and O–H groups in total. The highest BCUT2D eigenvalue weighted by atomic mass is 35.5. The van der Waals surface area contributed by atoms with Gasteiger partial charge in [-0.15, -0.1) is 0 Å². The standard InChI is InChI=1S/C9H10ClN3OS/c1-6(2)13-4-7(3-11-13)14-9-12-8(10)5-15-9/h3-6H,1-2H3. The van der Waals surface area contributed by atoms with E-state index in [2.05, 4.69) is 23.9 Å². The third-order valence-corrected chi connectivity index (χ3v) is 2.81. The minimum atomic E-state index is 0.322. The minimum absolute atomic E-state index is 0.322. The number of thiazole rings is 1. The van der Waals surface area contributed by atoms with Gasteiger partial charge in [0.25, 0.3) is 5.19 Å². The van der Waals surface area contributed by atoms with Crippen molar-refractivity contribution in [1.82, 2.24) is 14.8 Å². The van der Waals surface area contributed by atoms with E-state index >= 15 is 0 Å². The molecule has 0 aliphatic heterocycles. The molecule has 2 aromatic rings. The summed E-state index contributed by atoms with van der Waals surface area (Å²) in [5.41, 5.74) is 0. The molecule has 2 heterocycles. The van der Waals surface area contributed by atoms with Crippen LogP contribution < -0.4 is 4.74 Å². The molecule has 0 aromatic carbocycles. The Kier molecular flexibility index (Phi) is 2.93. The maximum absolute atomic E-state index is 5.68. The van der Waals surface area contributed by atoms with E-state index in [1.807, 2.05) is 10.9 Å². The van der Waals surface area contributed by atoms with Crippen molar-refractivity contribution in [3.05, 3.63) is 22.9 Å². The van der Waals surface area contributed by atoms with E-state index in [1.165, 1.54) is 11.3 Å². The van der Waals surface area contributed by atoms with Crippen LogP contribution in [0.5, 0.6) is 10.9 Å². The lowest BCUT2D eigenvalue weighted by Gasteiger charge is -2.02. The number of hydrogen-bond acceptors (Lipinski definition) is 4. The topological polar surface area (TPSA) is 39.9 Å². The fraction of sp³-hybridized carbons (Fsp3) is 0.333. The number of ether oxygens (including phenoxy) is 1. The summed E-state index contributed by atoms with van der Waals surface area (Å²) < 4.78 is 7.29. The third-order valence-electron chi connectivity index (χ3n) is 1.77. The van der Waals surface area contributed by atoms with Gasteiger partial charge in [-0.25, -0.2) is 0 Å². The molecule has 80 valence electrons. The predicted molar refractivity (Wildman–Crippen MR) is 59.8 cm³/mol. The van der Waals surface area contributed by atoms with Crippen LogP contribution >= 0.6 is 22.9 Å². The second-order valence-electron chi connectivity index (χ2n) is 3.29. The molecular weight excluding hydrogens is 234 g/mol. The number of aromatic nitrogens is 3. The molecule has 0 aliphatic rings. The summed E-state index contributed by atoms with van der Waals surface area (Å²) in [5.74, 6) is 0.676. The molecule has 6 heteroatoms. The number of halogens is 1. The zero-order chi connectivity index (χ0) is 10.8. The summed E-state index contributed by atoms with van der Waals surface area (Å²) in [6.45, 7) is 4.11. The molecule has 0 aliphatic carbocycles. The molecule has 4 nitrogen and oxygen atoms in total. The Hall–Kier alpha value is -1.07. The quantitative estimate of drug-likeness (QED) is 0.830. The monoisotopic (exact) mass is 243 g/mol. The highest BCUT2D eigenvalue weighted by Gasteiger charge is 2.06. The molecule has 0 amide bonds. The molecule has 0 saturated heterocycles. The summed E-state index contributed by atoms with van der Waals surface area (Å²) in [5, 5.41) is 6.86. The van der Waals surface area contributed by atoms with Gasteiger partial charge in [0.05, 0.1) is 12.4 Å². The van der Waals surface area contributed by atoms with E-state index in [0.29, 0.717) is 22.1 Å². The summed E-state index contributed by atoms with van der Waals surface area (Å²) in [6.07, 6.45) is 3.50. The van der Waals surface area contributed by atoms with Crippen molar-refractivity contribution < 1.29 is 4.74 Å². The van der Waals surface area contributed by atoms with E-state index in [9.17, 15) is 0 Å². The van der Waals surface area contributed by atoms with Crippen LogP contribution in [0.4, 0.5) is 0 Å². The van der Waals surface area contributed by atoms with Crippen molar-refractivity contribution in [3.8, 4) is 10.9 Å². The lowest BCUT2D eigenvalue weighted by molar-refractivity contribution is 0.474. The van der Waals surface area contributed by atoms with Crippen molar-refractivity contribution in [2.24, 2.45) is 0 Å². The third kappa shape index (κ3) is 2.49. The first-order valence-corrected chi connectivity index (χ1v) is 5.74. The van der Waals surface area contributed by atoms with Gasteiger partial charge in [0.1, 0.15) is 5.15 Å². The molecule has 0 fully saturated rings. The minimum Gasteiger partial charge on any atom is -0.427 e. The summed E-state index contributed by atoms with van der Waals surface area (Å²) in [7, 11) is 0. The highest BCUT2D eigenvalue weighted by Crippen LogP contribution is 2.26. The van der Waals surface area contributed by atoms with Gasteiger partial charge in [-0.2, -0.15) is 10.1 Å². The highest BCUT2D eigenvalue weighted by molar-refractivity contribution is 7.11. The van der Waals surface area contributed by atoms with Gasteiger partial charge in [0.2, 0.25) is 0 Å². The van der Waals surface area contributed by atoms with Crippen LogP contribution in [-0.2, 0) is 0 Å². The Morgan fingerprint density at radius 3 is 2.87 bits per heavy atom. The molecule has 0 saturated carbocycles. The maximum Gasteiger partial charge on any atom is 0.280 e. The van der Waals surface area contributed by atoms with E-state index < -0.39 is 0 Å². The fourth-order valence-corrected chi connectivity index (χ4v) is 1.85. The molecular formula is C9H10ClN3OS. The summed E-state index contributed by atoms with van der Waals surface area (Å²) >= 11 is 7.04. The normalized spacial score (nSPS) is 10.9. The number of rotatable bonds is 3. The van der Waals surface area contributed by atoms with Gasteiger partial charge >= 0.3 is 0 Å². The second-order valence-corrected chi connectivity index (χ2v) is 4.50. The zero-order valence-corrected chi connectivity index (χ0v) is 9.92. The molecule has 2 aromatic heterocycles. The van der Waals surface area contributed by atoms with Crippen LogP contribution in [0.2, 0.25) is 5.15 Å². The molecule has 0 radical (unpaired) electrons. The molecule has 0 unspecified atom stereocenters. The fourth-order valence-electron chi connectivity index (χ4n) is 1.04. The second kappa shape index (κ2) is 4.20. The maximum atomic E-state index is 5.68. The van der Waals surface area contributed by atoms with Crippen LogP contribution in [0.1, 0.15) is 19.9 Å². The van der Waals surface area contributed by atoms with Crippen molar-refractivity contribution in [3.63, 3.8) is 0 Å². The van der Waals surface area contributed by atoms with Crippen molar-refractivity contribution in [2.45, 2.75) is 19.9 Å². The van der Waals surface area contributed by atoms with Gasteiger partial charge in [-0.3, -0.25) is 4.68 Å². The predicted octanol–water partition coefficient (Wildman–Crippen LogP) is 3.37. The van der Waals surface area contributed by atoms with Gasteiger partial charge in [0, 0.05) is 11.4 Å². The smallest absolute Gasteiger partial charge is 0.280 e. The average Bonchev–Trinajstić information content (AvgIpc) is 2.76. The SMILES string of the molecule is CC(C)n1cc(Oc2nc(Cl)cs2)cn1. The van der Waals surface area contributed by atoms with Gasteiger partial charge in [0.15, 0.2) is 5.75 Å². The Morgan fingerprint density at radius 1 is 1.53 bits per heavy atom. The van der Waals surface area contributed by atoms with Crippen molar-refractivity contribution in [2.75, 3.05) is 0 Å². The molecule has 0 spiro atoms. The van der Waals surface area contributed by atoms with Crippen molar-refractivity contribution >= 4 is 22.9 Å². The Bertz CT molecular complexity index is 452. The van der Waals surface area contributed by atoms with Gasteiger partial charge in [-0.1, -0.05) is 22.9 Å². The largest absolute Gasteiger partial charge is 0.427 e. The first kappa shape index (κ1) is 10.4. The van der Waals surface area contributed by atoms with Gasteiger partial charge < -0.3 is 4.74 Å². The Balaban J connectivity index is 2.11. The van der Waals surface area contributed by atoms with Crippen LogP contribution in [0, 0.1) is 0 Å². The molecule has 2 rings (SSSR count). The van der Waals surface area contributed by atoms with E-state index in [0.717, 1.165) is 0 Å². The first-order valence-electron chi connectivity index (χ1n) is 4.48. The van der Waals surface area contributed by atoms with Crippen LogP contribution in [0.25, 0.3) is 0 Å². The van der Waals surface area contributed by atoms with Gasteiger partial charge in [-0.05, 0) is 13.8 Å². The lowest BCUT2D eigenvalue weighted by atomic mass is 10.4. The van der Waals surface area contributed by atoms with Crippen LogP contribution in [0.3, 0.4) is 0 Å². The average molecular weight is 244 g/mol. The van der Waals surface area contributed by atoms with E-state index in [1.54, 1.807) is 11.6 Å². The van der Waals surface area contributed by atoms with E-state index in [4.69, 9.17) is 16.3 Å². The summed E-state index contributed by atoms with van der Waals surface area (Å²) in [4.78, 5) is 3.98. The van der Waals surface area contributed by atoms with E-state index in [-0.39, 0.29) is 0 Å². The van der Waals surface area contributed by atoms with Crippen LogP contribution in [0.15, 0.2) is 17.8 Å². The Morgan fingerprint density at radius 2 is 2.33 bits per heavy atom. The summed E-state index contributed by atoms with van der Waals surface area (Å²) in [6, 6.07) is 0.322. The van der Waals surface area contributed by atoms with Crippen molar-refractivity contribution in [1.29, 1.82) is 0 Å². The lowest BCUT2D eigenvalue weighted by Crippen LogP contribution is -1.99. The number of nitrogens with zero attached hydrogens (tertiary/aromatic N) is 3. The first-order chi connectivity index (χ1) is 7.15. The molecule has 15 heavy (non-hydrogen) atoms. The Labute approximate surface area is 96.5 Å².